The number of nitrogens with zero attached hydrogens (tertiary/aromatic N) is 4. The predicted octanol–water partition coefficient (Wildman–Crippen LogP) is 2.46. The van der Waals surface area contributed by atoms with Gasteiger partial charge in [0.15, 0.2) is 0 Å². The van der Waals surface area contributed by atoms with Gasteiger partial charge in [-0.15, -0.1) is 12.6 Å². The maximum atomic E-state index is 12.5. The van der Waals surface area contributed by atoms with E-state index in [1.807, 2.05) is 10.7 Å². The summed E-state index contributed by atoms with van der Waals surface area (Å²) in [7, 11) is 1.69. The van der Waals surface area contributed by atoms with E-state index in [1.165, 1.54) is 17.3 Å². The van der Waals surface area contributed by atoms with Gasteiger partial charge in [-0.2, -0.15) is 13.8 Å². The topological polar surface area (TPSA) is 140 Å². The van der Waals surface area contributed by atoms with Crippen molar-refractivity contribution in [2.24, 2.45) is 5.73 Å². The van der Waals surface area contributed by atoms with Crippen LogP contribution in [0.15, 0.2) is 47.4 Å². The molecule has 3 heterocycles. The van der Waals surface area contributed by atoms with E-state index >= 15 is 0 Å². The molecule has 1 fully saturated rings. The van der Waals surface area contributed by atoms with Gasteiger partial charge >= 0.3 is 0 Å². The minimum absolute atomic E-state index is 0.0303. The van der Waals surface area contributed by atoms with Crippen LogP contribution >= 0.6 is 24.4 Å². The van der Waals surface area contributed by atoms with Gasteiger partial charge < -0.3 is 21.7 Å². The first kappa shape index (κ1) is 26.3. The fourth-order valence-corrected chi connectivity index (χ4v) is 5.52. The Morgan fingerprint density at radius 1 is 1.18 bits per heavy atom. The number of nitrogens with two attached hydrogens (primary N) is 1. The Hall–Kier alpha value is -3.32. The molecule has 0 spiro atoms. The van der Waals surface area contributed by atoms with Crippen molar-refractivity contribution in [2.45, 2.75) is 49.3 Å². The van der Waals surface area contributed by atoms with Crippen molar-refractivity contribution in [1.29, 1.82) is 0 Å². The highest BCUT2D eigenvalue weighted by Crippen LogP contribution is 2.35. The fraction of sp³-hybridized carbons (Fsp3) is 0.346. The second-order valence-electron chi connectivity index (χ2n) is 9.43. The van der Waals surface area contributed by atoms with Crippen LogP contribution in [0.25, 0.3) is 11.0 Å². The van der Waals surface area contributed by atoms with Crippen molar-refractivity contribution >= 4 is 47.2 Å². The number of primary amides is 1. The van der Waals surface area contributed by atoms with Crippen molar-refractivity contribution in [3.05, 3.63) is 70.5 Å². The lowest BCUT2D eigenvalue weighted by Gasteiger charge is -2.37. The lowest BCUT2D eigenvalue weighted by atomic mass is 9.86. The summed E-state index contributed by atoms with van der Waals surface area (Å²) in [6.45, 7) is 2.46. The molecule has 0 atom stereocenters. The molecular formula is C26H30N8O2S2. The van der Waals surface area contributed by atoms with Gasteiger partial charge in [-0.05, 0) is 61.7 Å². The number of hydrogen-bond donors (Lipinski definition) is 5. The molecular weight excluding hydrogens is 520 g/mol. The summed E-state index contributed by atoms with van der Waals surface area (Å²) in [4.78, 5) is 23.8. The van der Waals surface area contributed by atoms with E-state index in [0.29, 0.717) is 11.6 Å². The third-order valence-corrected chi connectivity index (χ3v) is 7.72. The van der Waals surface area contributed by atoms with E-state index in [-0.39, 0.29) is 11.9 Å². The largest absolute Gasteiger partial charge is 0.366 e. The number of thiol groups is 1. The highest BCUT2D eigenvalue weighted by Gasteiger charge is 2.35. The minimum atomic E-state index is -0.420. The molecule has 2 amide bonds. The SMILES string of the molecule is CNC(=O)c1c2c(nn1C1CC(NCc3ccc4nsnc4c3)C1)CNCC2.NC(=O)c1cccc(S)c1. The van der Waals surface area contributed by atoms with E-state index < -0.39 is 5.91 Å². The first-order chi connectivity index (χ1) is 18.4. The standard InChI is InChI=1S/C19H23N7OS.C7H7NOS/c1-20-19(27)18-14-4-5-21-10-17(14)23-26(18)13-7-12(8-13)22-9-11-2-3-15-16(6-11)25-28-24-15;8-7(9)5-2-1-3-6(10)4-5/h2-3,6,12-13,21-22H,4-5,7-10H2,1H3,(H,20,27);1-4,10H,(H2,8,9). The summed E-state index contributed by atoms with van der Waals surface area (Å²) < 4.78 is 10.5. The van der Waals surface area contributed by atoms with Crippen LogP contribution in [0.4, 0.5) is 0 Å². The van der Waals surface area contributed by atoms with E-state index in [4.69, 9.17) is 10.8 Å². The van der Waals surface area contributed by atoms with Gasteiger partial charge in [0, 0.05) is 42.2 Å². The summed E-state index contributed by atoms with van der Waals surface area (Å²) in [5.74, 6) is -0.451. The number of aromatic nitrogens is 4. The molecule has 38 heavy (non-hydrogen) atoms. The highest BCUT2D eigenvalue weighted by molar-refractivity contribution is 7.80. The number of carbonyl (C=O) groups excluding carboxylic acids is 2. The second kappa shape index (κ2) is 11.6. The van der Waals surface area contributed by atoms with Crippen LogP contribution in [0.1, 0.15) is 56.6 Å². The Morgan fingerprint density at radius 3 is 2.74 bits per heavy atom. The quantitative estimate of drug-likeness (QED) is 0.232. The van der Waals surface area contributed by atoms with Crippen LogP contribution in [-0.2, 0) is 19.5 Å². The molecule has 0 unspecified atom stereocenters. The van der Waals surface area contributed by atoms with Gasteiger partial charge in [0.1, 0.15) is 16.7 Å². The molecule has 198 valence electrons. The number of fused-ring (bicyclic) bond motifs is 2. The predicted molar refractivity (Wildman–Crippen MR) is 150 cm³/mol. The van der Waals surface area contributed by atoms with Crippen LogP contribution in [0.3, 0.4) is 0 Å². The van der Waals surface area contributed by atoms with E-state index in [9.17, 15) is 9.59 Å². The normalized spacial score (nSPS) is 18.2. The zero-order valence-electron chi connectivity index (χ0n) is 21.0. The van der Waals surface area contributed by atoms with Gasteiger partial charge in [0.05, 0.1) is 23.5 Å². The minimum Gasteiger partial charge on any atom is -0.366 e. The van der Waals surface area contributed by atoms with Gasteiger partial charge in [-0.3, -0.25) is 14.3 Å². The molecule has 12 heteroatoms. The fourth-order valence-electron chi connectivity index (χ4n) is 4.78. The Bertz CT molecular complexity index is 1460. The van der Waals surface area contributed by atoms with Gasteiger partial charge in [0.25, 0.3) is 5.91 Å². The van der Waals surface area contributed by atoms with Crippen molar-refractivity contribution in [2.75, 3.05) is 13.6 Å². The van der Waals surface area contributed by atoms with Crippen molar-refractivity contribution in [3.63, 3.8) is 0 Å². The molecule has 5 N–H and O–H groups in total. The van der Waals surface area contributed by atoms with Crippen molar-refractivity contribution in [3.8, 4) is 0 Å². The summed E-state index contributed by atoms with van der Waals surface area (Å²) in [6.07, 6.45) is 2.83. The molecule has 6 rings (SSSR count). The summed E-state index contributed by atoms with van der Waals surface area (Å²) in [5, 5.41) is 14.5. The molecule has 1 aliphatic carbocycles. The maximum Gasteiger partial charge on any atom is 0.269 e. The van der Waals surface area contributed by atoms with E-state index in [1.54, 1.807) is 31.3 Å². The number of carbonyl (C=O) groups is 2. The van der Waals surface area contributed by atoms with Gasteiger partial charge in [-0.1, -0.05) is 12.1 Å². The number of amides is 2. The third-order valence-electron chi connectivity index (χ3n) is 6.88. The lowest BCUT2D eigenvalue weighted by molar-refractivity contribution is 0.0938. The highest BCUT2D eigenvalue weighted by atomic mass is 32.1. The average molecular weight is 551 g/mol. The smallest absolute Gasteiger partial charge is 0.269 e. The third kappa shape index (κ3) is 5.73. The molecule has 0 bridgehead atoms. The zero-order chi connectivity index (χ0) is 26.6. The number of benzene rings is 2. The number of rotatable bonds is 6. The first-order valence-electron chi connectivity index (χ1n) is 12.5. The summed E-state index contributed by atoms with van der Waals surface area (Å²) in [6, 6.07) is 13.8. The van der Waals surface area contributed by atoms with Crippen LogP contribution < -0.4 is 21.7 Å². The Kier molecular flexibility index (Phi) is 8.03. The number of nitrogens with one attached hydrogen (secondary N) is 3. The summed E-state index contributed by atoms with van der Waals surface area (Å²) in [5.41, 5.74) is 11.5. The van der Waals surface area contributed by atoms with E-state index in [0.717, 1.165) is 71.8 Å². The van der Waals surface area contributed by atoms with Crippen LogP contribution in [-0.4, -0.2) is 50.0 Å². The molecule has 2 aliphatic rings. The van der Waals surface area contributed by atoms with Crippen LogP contribution in [0.5, 0.6) is 0 Å². The molecule has 2 aromatic heterocycles. The van der Waals surface area contributed by atoms with E-state index in [2.05, 4.69) is 49.5 Å². The molecule has 4 aromatic rings. The molecule has 0 saturated heterocycles. The van der Waals surface area contributed by atoms with Crippen LogP contribution in [0.2, 0.25) is 0 Å². The molecule has 10 nitrogen and oxygen atoms in total. The molecule has 1 aliphatic heterocycles. The second-order valence-corrected chi connectivity index (χ2v) is 10.5. The molecule has 2 aromatic carbocycles. The van der Waals surface area contributed by atoms with Crippen LogP contribution in [0, 0.1) is 0 Å². The first-order valence-corrected chi connectivity index (χ1v) is 13.7. The summed E-state index contributed by atoms with van der Waals surface area (Å²) >= 11 is 5.29. The number of hydrogen-bond acceptors (Lipinski definition) is 9. The van der Waals surface area contributed by atoms with Crippen molar-refractivity contribution in [1.82, 2.24) is 34.5 Å². The average Bonchev–Trinajstić information content (AvgIpc) is 3.52. The molecule has 0 radical (unpaired) electrons. The molecule has 1 saturated carbocycles. The van der Waals surface area contributed by atoms with Crippen molar-refractivity contribution < 1.29 is 9.59 Å². The maximum absolute atomic E-state index is 12.5. The Morgan fingerprint density at radius 2 is 2.00 bits per heavy atom. The van der Waals surface area contributed by atoms with Gasteiger partial charge in [-0.25, -0.2) is 0 Å². The monoisotopic (exact) mass is 550 g/mol. The Balaban J connectivity index is 0.000000249. The Labute approximate surface area is 230 Å². The van der Waals surface area contributed by atoms with Gasteiger partial charge in [0.2, 0.25) is 5.91 Å². The zero-order valence-corrected chi connectivity index (χ0v) is 22.7. The lowest BCUT2D eigenvalue weighted by Crippen LogP contribution is -2.43.